The van der Waals surface area contributed by atoms with E-state index in [-0.39, 0.29) is 11.9 Å². The molecule has 104 valence electrons. The van der Waals surface area contributed by atoms with Gasteiger partial charge in [0.25, 0.3) is 0 Å². The largest absolute Gasteiger partial charge is 0.467 e. The lowest BCUT2D eigenvalue weighted by Gasteiger charge is -2.33. The van der Waals surface area contributed by atoms with Crippen LogP contribution in [0.3, 0.4) is 0 Å². The molecule has 2 unspecified atom stereocenters. The van der Waals surface area contributed by atoms with Crippen molar-refractivity contribution < 1.29 is 9.53 Å². The van der Waals surface area contributed by atoms with Crippen LogP contribution in [-0.4, -0.2) is 18.6 Å². The zero-order valence-electron chi connectivity index (χ0n) is 11.0. The van der Waals surface area contributed by atoms with Crippen LogP contribution in [0.15, 0.2) is 22.7 Å². The molecule has 1 saturated carbocycles. The molecular weight excluding hydrogens is 330 g/mol. The van der Waals surface area contributed by atoms with E-state index < -0.39 is 5.54 Å². The van der Waals surface area contributed by atoms with E-state index in [0.29, 0.717) is 5.02 Å². The van der Waals surface area contributed by atoms with Crippen molar-refractivity contribution in [3.05, 3.63) is 27.7 Å². The van der Waals surface area contributed by atoms with Crippen LogP contribution in [-0.2, 0) is 9.53 Å². The van der Waals surface area contributed by atoms with Gasteiger partial charge in [0.15, 0.2) is 0 Å². The van der Waals surface area contributed by atoms with Crippen LogP contribution in [0, 0.1) is 5.92 Å². The summed E-state index contributed by atoms with van der Waals surface area (Å²) in [6.07, 6.45) is 2.84. The number of halogens is 2. The van der Waals surface area contributed by atoms with Gasteiger partial charge in [-0.15, -0.1) is 0 Å². The van der Waals surface area contributed by atoms with E-state index in [9.17, 15) is 4.79 Å². The summed E-state index contributed by atoms with van der Waals surface area (Å²) >= 11 is 9.38. The van der Waals surface area contributed by atoms with E-state index in [0.717, 1.165) is 29.4 Å². The highest BCUT2D eigenvalue weighted by atomic mass is 79.9. The van der Waals surface area contributed by atoms with Gasteiger partial charge in [-0.2, -0.15) is 0 Å². The van der Waals surface area contributed by atoms with Gasteiger partial charge in [-0.1, -0.05) is 24.9 Å². The highest BCUT2D eigenvalue weighted by Crippen LogP contribution is 2.40. The molecule has 1 N–H and O–H groups in total. The lowest BCUT2D eigenvalue weighted by atomic mass is 9.88. The number of carbonyl (C=O) groups excluding carboxylic acids is 1. The minimum atomic E-state index is -0.623. The van der Waals surface area contributed by atoms with Gasteiger partial charge < -0.3 is 10.1 Å². The molecule has 2 rings (SSSR count). The Morgan fingerprint density at radius 2 is 2.32 bits per heavy atom. The van der Waals surface area contributed by atoms with E-state index in [2.05, 4.69) is 28.2 Å². The summed E-state index contributed by atoms with van der Waals surface area (Å²) in [4.78, 5) is 12.2. The van der Waals surface area contributed by atoms with E-state index >= 15 is 0 Å². The molecule has 0 aromatic heterocycles. The van der Waals surface area contributed by atoms with E-state index in [1.54, 1.807) is 6.07 Å². The number of ether oxygens (including phenoxy) is 1. The normalized spacial score (nSPS) is 26.2. The lowest BCUT2D eigenvalue weighted by molar-refractivity contribution is -0.147. The summed E-state index contributed by atoms with van der Waals surface area (Å²) in [5.74, 6) is 0.0537. The van der Waals surface area contributed by atoms with Crippen LogP contribution in [0.25, 0.3) is 0 Å². The summed E-state index contributed by atoms with van der Waals surface area (Å²) in [5, 5.41) is 4.01. The number of nitrogens with one attached hydrogen (secondary N) is 1. The Bertz CT molecular complexity index is 494. The molecule has 0 saturated heterocycles. The van der Waals surface area contributed by atoms with Gasteiger partial charge in [0.05, 0.1) is 12.1 Å². The van der Waals surface area contributed by atoms with Crippen molar-refractivity contribution in [1.82, 2.24) is 0 Å². The first kappa shape index (κ1) is 14.7. The average molecular weight is 347 g/mol. The summed E-state index contributed by atoms with van der Waals surface area (Å²) in [6.45, 7) is 2.09. The molecule has 1 aliphatic carbocycles. The van der Waals surface area contributed by atoms with Crippen LogP contribution >= 0.6 is 27.5 Å². The van der Waals surface area contributed by atoms with Crippen molar-refractivity contribution in [2.24, 2.45) is 5.92 Å². The Labute approximate surface area is 126 Å². The molecule has 1 fully saturated rings. The molecule has 3 nitrogen and oxygen atoms in total. The highest BCUT2D eigenvalue weighted by molar-refractivity contribution is 9.10. The van der Waals surface area contributed by atoms with Crippen molar-refractivity contribution in [3.63, 3.8) is 0 Å². The number of hydrogen-bond acceptors (Lipinski definition) is 3. The summed E-state index contributed by atoms with van der Waals surface area (Å²) < 4.78 is 5.80. The summed E-state index contributed by atoms with van der Waals surface area (Å²) in [6, 6.07) is 5.57. The lowest BCUT2D eigenvalue weighted by Crippen LogP contribution is -2.49. The van der Waals surface area contributed by atoms with Crippen molar-refractivity contribution >= 4 is 39.2 Å². The Hall–Kier alpha value is -0.740. The quantitative estimate of drug-likeness (QED) is 0.832. The van der Waals surface area contributed by atoms with Gasteiger partial charge in [-0.05, 0) is 52.9 Å². The predicted octanol–water partition coefficient (Wildman–Crippen LogP) is 4.25. The second kappa shape index (κ2) is 5.71. The predicted molar refractivity (Wildman–Crippen MR) is 80.5 cm³/mol. The van der Waals surface area contributed by atoms with Crippen molar-refractivity contribution in [2.75, 3.05) is 12.4 Å². The van der Waals surface area contributed by atoms with Gasteiger partial charge in [-0.25, -0.2) is 4.79 Å². The number of carbonyl (C=O) groups is 1. The van der Waals surface area contributed by atoms with Gasteiger partial charge in [0, 0.05) is 10.2 Å². The number of methoxy groups -OCH3 is 1. The SMILES string of the molecule is COC(=O)C1(Nc2ccc(Cl)c(Br)c2)CCCC1C. The smallest absolute Gasteiger partial charge is 0.331 e. The minimum absolute atomic E-state index is 0.191. The molecule has 0 bridgehead atoms. The molecule has 0 heterocycles. The average Bonchev–Trinajstić information content (AvgIpc) is 2.75. The van der Waals surface area contributed by atoms with Crippen LogP contribution in [0.4, 0.5) is 5.69 Å². The second-order valence-electron chi connectivity index (χ2n) is 5.01. The first-order valence-corrected chi connectivity index (χ1v) is 7.48. The van der Waals surface area contributed by atoms with E-state index in [1.807, 2.05) is 12.1 Å². The van der Waals surface area contributed by atoms with Crippen LogP contribution in [0.1, 0.15) is 26.2 Å². The topological polar surface area (TPSA) is 38.3 Å². The first-order chi connectivity index (χ1) is 8.99. The molecular formula is C14H17BrClNO2. The molecule has 5 heteroatoms. The zero-order valence-corrected chi connectivity index (χ0v) is 13.3. The minimum Gasteiger partial charge on any atom is -0.467 e. The van der Waals surface area contributed by atoms with Crippen molar-refractivity contribution in [2.45, 2.75) is 31.7 Å². The standard InChI is InChI=1S/C14H17BrClNO2/c1-9-4-3-7-14(9,13(18)19-2)17-10-5-6-12(16)11(15)8-10/h5-6,8-9,17H,3-4,7H2,1-2H3. The number of benzene rings is 1. The molecule has 1 aliphatic rings. The third-order valence-electron chi connectivity index (χ3n) is 3.89. The molecule has 0 radical (unpaired) electrons. The van der Waals surface area contributed by atoms with Gasteiger partial charge in [-0.3, -0.25) is 0 Å². The van der Waals surface area contributed by atoms with E-state index in [4.69, 9.17) is 16.3 Å². The maximum absolute atomic E-state index is 12.2. The maximum atomic E-state index is 12.2. The van der Waals surface area contributed by atoms with Crippen molar-refractivity contribution in [1.29, 1.82) is 0 Å². The molecule has 19 heavy (non-hydrogen) atoms. The fourth-order valence-corrected chi connectivity index (χ4v) is 3.23. The molecule has 2 atom stereocenters. The van der Waals surface area contributed by atoms with Crippen LogP contribution in [0.2, 0.25) is 5.02 Å². The molecule has 0 aliphatic heterocycles. The van der Waals surface area contributed by atoms with Crippen LogP contribution < -0.4 is 5.32 Å². The second-order valence-corrected chi connectivity index (χ2v) is 6.27. The number of hydrogen-bond donors (Lipinski definition) is 1. The fraction of sp³-hybridized carbons (Fsp3) is 0.500. The van der Waals surface area contributed by atoms with Gasteiger partial charge >= 0.3 is 5.97 Å². The Balaban J connectivity index is 2.30. The third kappa shape index (κ3) is 2.75. The monoisotopic (exact) mass is 345 g/mol. The number of esters is 1. The molecule has 1 aromatic rings. The Morgan fingerprint density at radius 1 is 1.58 bits per heavy atom. The van der Waals surface area contributed by atoms with Crippen molar-refractivity contribution in [3.8, 4) is 0 Å². The van der Waals surface area contributed by atoms with E-state index in [1.165, 1.54) is 7.11 Å². The molecule has 0 spiro atoms. The maximum Gasteiger partial charge on any atom is 0.331 e. The Kier molecular flexibility index (Phi) is 4.41. The summed E-state index contributed by atoms with van der Waals surface area (Å²) in [5.41, 5.74) is 0.248. The van der Waals surface area contributed by atoms with Gasteiger partial charge in [0.1, 0.15) is 5.54 Å². The molecule has 1 aromatic carbocycles. The highest BCUT2D eigenvalue weighted by Gasteiger charge is 2.47. The summed E-state index contributed by atoms with van der Waals surface area (Å²) in [7, 11) is 1.44. The first-order valence-electron chi connectivity index (χ1n) is 6.31. The van der Waals surface area contributed by atoms with Crippen LogP contribution in [0.5, 0.6) is 0 Å². The number of anilines is 1. The van der Waals surface area contributed by atoms with Gasteiger partial charge in [0.2, 0.25) is 0 Å². The third-order valence-corrected chi connectivity index (χ3v) is 5.10. The number of rotatable bonds is 3. The fourth-order valence-electron chi connectivity index (χ4n) is 2.73. The zero-order chi connectivity index (χ0) is 14.0. The molecule has 0 amide bonds. The Morgan fingerprint density at radius 3 is 2.84 bits per heavy atom.